The summed E-state index contributed by atoms with van der Waals surface area (Å²) in [7, 11) is -4.13. The summed E-state index contributed by atoms with van der Waals surface area (Å²) in [6.07, 6.45) is 3.01. The Morgan fingerprint density at radius 2 is 2.09 bits per heavy atom. The highest BCUT2D eigenvalue weighted by Crippen LogP contribution is 2.22. The number of para-hydroxylation sites is 1. The average Bonchev–Trinajstić information content (AvgIpc) is 2.80. The molecule has 0 amide bonds. The number of aromatic nitrogens is 1. The van der Waals surface area contributed by atoms with Crippen molar-refractivity contribution in [3.63, 3.8) is 0 Å². The van der Waals surface area contributed by atoms with Crippen LogP contribution in [0, 0.1) is 0 Å². The van der Waals surface area contributed by atoms with Gasteiger partial charge in [0.1, 0.15) is 10.5 Å². The van der Waals surface area contributed by atoms with Crippen LogP contribution >= 0.6 is 11.3 Å². The zero-order chi connectivity index (χ0) is 16.9. The highest BCUT2D eigenvalue weighted by atomic mass is 32.2. The average molecular weight is 355 g/mol. The van der Waals surface area contributed by atoms with Crippen LogP contribution in [-0.2, 0) is 21.4 Å². The van der Waals surface area contributed by atoms with Crippen molar-refractivity contribution < 1.29 is 22.3 Å². The fourth-order valence-corrected chi connectivity index (χ4v) is 4.12. The Labute approximate surface area is 141 Å². The Balaban J connectivity index is 2.23. The molecule has 0 atom stereocenters. The van der Waals surface area contributed by atoms with Crippen LogP contribution in [0.5, 0.6) is 0 Å². The van der Waals surface area contributed by atoms with Crippen LogP contribution < -0.4 is 4.57 Å². The number of hydrogen-bond donors (Lipinski definition) is 0. The van der Waals surface area contributed by atoms with Gasteiger partial charge in [-0.15, -0.1) is 0 Å². The summed E-state index contributed by atoms with van der Waals surface area (Å²) in [5.74, 6) is 0.536. The molecular weight excluding hydrogens is 334 g/mol. The van der Waals surface area contributed by atoms with Gasteiger partial charge in [0, 0.05) is 18.2 Å². The van der Waals surface area contributed by atoms with E-state index in [0.29, 0.717) is 26.0 Å². The molecule has 126 valence electrons. The quantitative estimate of drug-likeness (QED) is 0.316. The van der Waals surface area contributed by atoms with Crippen molar-refractivity contribution in [2.24, 2.45) is 0 Å². The van der Waals surface area contributed by atoms with E-state index in [1.807, 2.05) is 38.1 Å². The van der Waals surface area contributed by atoms with Gasteiger partial charge in [-0.25, -0.2) is 8.42 Å². The highest BCUT2D eigenvalue weighted by Gasteiger charge is 2.18. The minimum atomic E-state index is -4.13. The van der Waals surface area contributed by atoms with Crippen molar-refractivity contribution in [3.8, 4) is 0 Å². The molecule has 0 bridgehead atoms. The number of nitrogens with zero attached hydrogens (tertiary/aromatic N) is 1. The number of ether oxygens (including phenoxy) is 1. The smallest absolute Gasteiger partial charge is 0.266 e. The second kappa shape index (κ2) is 7.90. The molecule has 0 fully saturated rings. The molecule has 2 aromatic rings. The SMILES string of the molecule is CCO/C(C)=C/c1sc2ccccc2[n+]1CCCCS(=O)(=O)[O-]. The molecular formula is C16H21NO4S2. The first-order valence-electron chi connectivity index (χ1n) is 7.56. The lowest BCUT2D eigenvalue weighted by Crippen LogP contribution is -2.35. The maximum atomic E-state index is 10.7. The number of unbranched alkanes of at least 4 members (excludes halogenated alkanes) is 1. The molecule has 2 rings (SSSR count). The monoisotopic (exact) mass is 355 g/mol. The third kappa shape index (κ3) is 5.30. The van der Waals surface area contributed by atoms with Gasteiger partial charge in [0.15, 0.2) is 6.54 Å². The maximum Gasteiger partial charge on any atom is 0.266 e. The first kappa shape index (κ1) is 17.9. The summed E-state index contributed by atoms with van der Waals surface area (Å²) in [6, 6.07) is 8.09. The number of hydrogen-bond acceptors (Lipinski definition) is 5. The van der Waals surface area contributed by atoms with E-state index in [2.05, 4.69) is 10.6 Å². The molecule has 0 aliphatic carbocycles. The van der Waals surface area contributed by atoms with Gasteiger partial charge in [0.2, 0.25) is 5.52 Å². The standard InChI is InChI=1S/C16H21NO4S2/c1-3-21-13(2)12-16-17(10-6-7-11-23(18,19)20)14-8-4-5-9-15(14)22-16/h4-5,8-9,12H,3,6-7,10-11H2,1-2H3/b13-12+. The van der Waals surface area contributed by atoms with Crippen LogP contribution in [0.2, 0.25) is 0 Å². The molecule has 0 saturated heterocycles. The minimum absolute atomic E-state index is 0.307. The lowest BCUT2D eigenvalue weighted by atomic mass is 10.3. The van der Waals surface area contributed by atoms with Crippen molar-refractivity contribution in [1.82, 2.24) is 0 Å². The van der Waals surface area contributed by atoms with Crippen LogP contribution in [0.15, 0.2) is 30.0 Å². The third-order valence-electron chi connectivity index (χ3n) is 3.36. The van der Waals surface area contributed by atoms with E-state index in [-0.39, 0.29) is 5.75 Å². The van der Waals surface area contributed by atoms with Gasteiger partial charge in [-0.3, -0.25) is 0 Å². The lowest BCUT2D eigenvalue weighted by molar-refractivity contribution is -0.669. The van der Waals surface area contributed by atoms with Gasteiger partial charge in [0.05, 0.1) is 22.8 Å². The largest absolute Gasteiger partial charge is 0.748 e. The van der Waals surface area contributed by atoms with Crippen molar-refractivity contribution in [2.75, 3.05) is 12.4 Å². The van der Waals surface area contributed by atoms with Gasteiger partial charge in [0.25, 0.3) is 5.01 Å². The van der Waals surface area contributed by atoms with Gasteiger partial charge < -0.3 is 9.29 Å². The molecule has 1 aromatic carbocycles. The van der Waals surface area contributed by atoms with Crippen LogP contribution in [-0.4, -0.2) is 25.3 Å². The molecule has 0 unspecified atom stereocenters. The topological polar surface area (TPSA) is 70.3 Å². The first-order valence-corrected chi connectivity index (χ1v) is 9.96. The second-order valence-electron chi connectivity index (χ2n) is 5.22. The number of thiazole rings is 1. The molecule has 0 N–H and O–H groups in total. The van der Waals surface area contributed by atoms with Gasteiger partial charge in [-0.1, -0.05) is 23.5 Å². The van der Waals surface area contributed by atoms with Gasteiger partial charge >= 0.3 is 0 Å². The van der Waals surface area contributed by atoms with E-state index in [9.17, 15) is 13.0 Å². The third-order valence-corrected chi connectivity index (χ3v) is 5.26. The summed E-state index contributed by atoms with van der Waals surface area (Å²) >= 11 is 1.67. The van der Waals surface area contributed by atoms with Gasteiger partial charge in [-0.2, -0.15) is 4.57 Å². The number of fused-ring (bicyclic) bond motifs is 1. The molecule has 0 saturated carbocycles. The molecule has 0 aliphatic rings. The van der Waals surface area contributed by atoms with Crippen molar-refractivity contribution in [1.29, 1.82) is 0 Å². The fraction of sp³-hybridized carbons (Fsp3) is 0.438. The number of aryl methyl sites for hydroxylation is 1. The van der Waals surface area contributed by atoms with E-state index in [1.54, 1.807) is 11.3 Å². The Kier molecular flexibility index (Phi) is 6.15. The van der Waals surface area contributed by atoms with E-state index < -0.39 is 10.1 Å². The first-order chi connectivity index (χ1) is 10.9. The predicted molar refractivity (Wildman–Crippen MR) is 91.1 cm³/mol. The Bertz CT molecular complexity index is 794. The van der Waals surface area contributed by atoms with Gasteiger partial charge in [-0.05, 0) is 26.3 Å². The van der Waals surface area contributed by atoms with Crippen LogP contribution in [0.25, 0.3) is 16.3 Å². The summed E-state index contributed by atoms with van der Waals surface area (Å²) < 4.78 is 40.9. The van der Waals surface area contributed by atoms with Crippen molar-refractivity contribution in [2.45, 2.75) is 33.2 Å². The summed E-state index contributed by atoms with van der Waals surface area (Å²) in [5.41, 5.74) is 1.11. The van der Waals surface area contributed by atoms with E-state index in [1.165, 1.54) is 4.70 Å². The van der Waals surface area contributed by atoms with Crippen molar-refractivity contribution >= 4 is 37.7 Å². The maximum absolute atomic E-state index is 10.7. The van der Waals surface area contributed by atoms with Crippen LogP contribution in [0.3, 0.4) is 0 Å². The predicted octanol–water partition coefficient (Wildman–Crippen LogP) is 2.91. The molecule has 23 heavy (non-hydrogen) atoms. The molecule has 1 aromatic heterocycles. The Hall–Kier alpha value is -1.44. The normalized spacial score (nSPS) is 12.7. The molecule has 0 aliphatic heterocycles. The summed E-state index contributed by atoms with van der Waals surface area (Å²) in [6.45, 7) is 5.15. The van der Waals surface area contributed by atoms with Crippen molar-refractivity contribution in [3.05, 3.63) is 35.0 Å². The van der Waals surface area contributed by atoms with E-state index in [4.69, 9.17) is 4.74 Å². The summed E-state index contributed by atoms with van der Waals surface area (Å²) in [5, 5.41) is 1.06. The Morgan fingerprint density at radius 3 is 2.78 bits per heavy atom. The number of allylic oxidation sites excluding steroid dienone is 1. The van der Waals surface area contributed by atoms with E-state index in [0.717, 1.165) is 16.3 Å². The molecule has 1 heterocycles. The van der Waals surface area contributed by atoms with Crippen LogP contribution in [0.4, 0.5) is 0 Å². The minimum Gasteiger partial charge on any atom is -0.748 e. The van der Waals surface area contributed by atoms with Crippen LogP contribution in [0.1, 0.15) is 31.7 Å². The zero-order valence-corrected chi connectivity index (χ0v) is 15.0. The number of benzene rings is 1. The lowest BCUT2D eigenvalue weighted by Gasteiger charge is -2.05. The molecule has 5 nitrogen and oxygen atoms in total. The highest BCUT2D eigenvalue weighted by molar-refractivity contribution is 7.85. The summed E-state index contributed by atoms with van der Waals surface area (Å²) in [4.78, 5) is 0. The fourth-order valence-electron chi connectivity index (χ4n) is 2.38. The molecule has 7 heteroatoms. The molecule has 0 radical (unpaired) electrons. The molecule has 0 spiro atoms. The Morgan fingerprint density at radius 1 is 1.35 bits per heavy atom. The number of rotatable bonds is 8. The zero-order valence-electron chi connectivity index (χ0n) is 13.3. The second-order valence-corrected chi connectivity index (χ2v) is 7.80. The van der Waals surface area contributed by atoms with E-state index >= 15 is 0 Å².